The van der Waals surface area contributed by atoms with E-state index in [-0.39, 0.29) is 5.48 Å². The maximum atomic E-state index is 4.12. The lowest BCUT2D eigenvalue weighted by Gasteiger charge is -1.62. The highest BCUT2D eigenvalue weighted by Gasteiger charge is 1.21. The van der Waals surface area contributed by atoms with Crippen molar-refractivity contribution in [2.24, 2.45) is 11.8 Å². The van der Waals surface area contributed by atoms with E-state index in [1.807, 2.05) is 0 Å². The third kappa shape index (κ3) is 50.7. The summed E-state index contributed by atoms with van der Waals surface area (Å²) in [5.41, 5.74) is 0. The van der Waals surface area contributed by atoms with E-state index in [0.29, 0.717) is 0 Å². The summed E-state index contributed by atoms with van der Waals surface area (Å²) in [6.45, 7) is 0. The van der Waals surface area contributed by atoms with Crippen molar-refractivity contribution in [3.63, 3.8) is 0 Å². The zero-order valence-corrected chi connectivity index (χ0v) is 2.06. The van der Waals surface area contributed by atoms with Crippen LogP contribution in [0.25, 0.3) is 0 Å². The summed E-state index contributed by atoms with van der Waals surface area (Å²) < 4.78 is 0. The lowest BCUT2D eigenvalue weighted by molar-refractivity contribution is 0.142. The molecule has 0 aliphatic carbocycles. The third-order valence-electron chi connectivity index (χ3n) is 0. The molecule has 0 bridgehead atoms. The highest BCUT2D eigenvalue weighted by Crippen LogP contribution is 0.949. The molecule has 0 spiro atoms. The summed E-state index contributed by atoms with van der Waals surface area (Å²) in [4.78, 5) is 3.25. The molecule has 4 nitrogen and oxygen atoms in total. The fourth-order valence-electron chi connectivity index (χ4n) is 0. The second kappa shape index (κ2) is 13.6. The highest BCUT2D eigenvalue weighted by atomic mass is 16.7. The summed E-state index contributed by atoms with van der Waals surface area (Å²) >= 11 is 0. The van der Waals surface area contributed by atoms with Crippen molar-refractivity contribution in [3.05, 3.63) is 0 Å². The van der Waals surface area contributed by atoms with Crippen molar-refractivity contribution in [2.45, 2.75) is 0 Å². The maximum Gasteiger partial charge on any atom is -0.196 e. The van der Waals surface area contributed by atoms with Gasteiger partial charge in [-0.3, -0.25) is 0 Å². The molecule has 0 saturated carbocycles. The standard InChI is InChI=1S/H4N2O.H2O/c1-3-2;/h1-2H2;1H2. The molecule has 4 heavy (non-hydrogen) atoms. The zero-order valence-electron chi connectivity index (χ0n) is 2.06. The van der Waals surface area contributed by atoms with E-state index < -0.39 is 0 Å². The first-order valence-electron chi connectivity index (χ1n) is 0.471. The SMILES string of the molecule is NON.O. The van der Waals surface area contributed by atoms with Gasteiger partial charge in [-0.1, -0.05) is 0 Å². The van der Waals surface area contributed by atoms with Gasteiger partial charge >= 0.3 is 0 Å². The van der Waals surface area contributed by atoms with Gasteiger partial charge in [-0.25, -0.2) is 4.94 Å². The minimum atomic E-state index is 0. The van der Waals surface area contributed by atoms with Crippen molar-refractivity contribution in [2.75, 3.05) is 0 Å². The van der Waals surface area contributed by atoms with Gasteiger partial charge in [0.25, 0.3) is 0 Å². The van der Waals surface area contributed by atoms with E-state index in [2.05, 4.69) is 16.7 Å². The quantitative estimate of drug-likeness (QED) is 0.318. The van der Waals surface area contributed by atoms with Gasteiger partial charge in [-0.2, -0.15) is 11.8 Å². The van der Waals surface area contributed by atoms with Crippen LogP contribution in [0.4, 0.5) is 0 Å². The van der Waals surface area contributed by atoms with Gasteiger partial charge in [-0.05, 0) is 0 Å². The van der Waals surface area contributed by atoms with Crippen LogP contribution in [0.15, 0.2) is 0 Å². The first kappa shape index (κ1) is 9.15. The van der Waals surface area contributed by atoms with Crippen molar-refractivity contribution in [3.8, 4) is 0 Å². The largest absolute Gasteiger partial charge is 0.412 e. The van der Waals surface area contributed by atoms with Crippen LogP contribution in [0, 0.1) is 0 Å². The van der Waals surface area contributed by atoms with E-state index in [0.717, 1.165) is 0 Å². The second-order valence-electron chi connectivity index (χ2n) is 0.136. The van der Waals surface area contributed by atoms with E-state index >= 15 is 0 Å². The summed E-state index contributed by atoms with van der Waals surface area (Å²) in [5, 5.41) is 0. The molecule has 0 unspecified atom stereocenters. The summed E-state index contributed by atoms with van der Waals surface area (Å²) in [5.74, 6) is 8.25. The molecule has 4 heteroatoms. The van der Waals surface area contributed by atoms with Crippen LogP contribution in [0.5, 0.6) is 0 Å². The minimum Gasteiger partial charge on any atom is -0.412 e. The zero-order chi connectivity index (χ0) is 2.71. The molecule has 0 aromatic rings. The maximum absolute atomic E-state index is 4.12. The molecule has 0 radical (unpaired) electrons. The lowest BCUT2D eigenvalue weighted by Crippen LogP contribution is -2.03. The Labute approximate surface area is 23.6 Å². The Morgan fingerprint density at radius 2 is 1.25 bits per heavy atom. The van der Waals surface area contributed by atoms with Crippen LogP contribution in [0.1, 0.15) is 0 Å². The summed E-state index contributed by atoms with van der Waals surface area (Å²) in [7, 11) is 0. The highest BCUT2D eigenvalue weighted by molar-refractivity contribution is 3.21. The third-order valence-corrected chi connectivity index (χ3v) is 0. The Bertz CT molecular complexity index is 4.00. The van der Waals surface area contributed by atoms with E-state index in [1.165, 1.54) is 0 Å². The van der Waals surface area contributed by atoms with E-state index in [4.69, 9.17) is 0 Å². The van der Waals surface area contributed by atoms with Crippen LogP contribution in [0.2, 0.25) is 0 Å². The normalized spacial score (nSPS) is 4.50. The van der Waals surface area contributed by atoms with Crippen LogP contribution < -0.4 is 11.8 Å². The van der Waals surface area contributed by atoms with Crippen molar-refractivity contribution in [1.82, 2.24) is 0 Å². The van der Waals surface area contributed by atoms with Gasteiger partial charge in [0.1, 0.15) is 0 Å². The molecule has 0 aromatic heterocycles. The van der Waals surface area contributed by atoms with Crippen molar-refractivity contribution in [1.29, 1.82) is 0 Å². The average molecular weight is 66.1 g/mol. The molecular weight excluding hydrogens is 60.0 g/mol. The molecule has 0 aliphatic heterocycles. The summed E-state index contributed by atoms with van der Waals surface area (Å²) in [6.07, 6.45) is 0. The van der Waals surface area contributed by atoms with Crippen LogP contribution in [0.3, 0.4) is 0 Å². The van der Waals surface area contributed by atoms with Gasteiger partial charge in [0, 0.05) is 0 Å². The predicted molar refractivity (Wildman–Crippen MR) is 13.1 cm³/mol. The Morgan fingerprint density at radius 1 is 1.25 bits per heavy atom. The molecule has 0 aliphatic rings. The molecule has 0 fully saturated rings. The fraction of sp³-hybridized carbons (Fsp3) is 0. The topological polar surface area (TPSA) is 92.8 Å². The number of hydrogen-bond acceptors (Lipinski definition) is 3. The molecule has 6 N–H and O–H groups in total. The van der Waals surface area contributed by atoms with Gasteiger partial charge in [0.05, 0.1) is 0 Å². The molecule has 0 aromatic carbocycles. The molecule has 0 amide bonds. The molecule has 0 atom stereocenters. The Hall–Kier alpha value is -0.160. The Balaban J connectivity index is 0. The first-order chi connectivity index (χ1) is 1.41. The van der Waals surface area contributed by atoms with Crippen molar-refractivity contribution >= 4 is 0 Å². The summed E-state index contributed by atoms with van der Waals surface area (Å²) in [6, 6.07) is 0. The van der Waals surface area contributed by atoms with Crippen molar-refractivity contribution < 1.29 is 10.4 Å². The second-order valence-corrected chi connectivity index (χ2v) is 0.136. The van der Waals surface area contributed by atoms with Crippen LogP contribution >= 0.6 is 0 Å². The predicted octanol–water partition coefficient (Wildman–Crippen LogP) is -2.07. The monoisotopic (exact) mass is 66.0 g/mol. The van der Waals surface area contributed by atoms with Gasteiger partial charge in [-0.15, -0.1) is 0 Å². The Kier molecular flexibility index (Phi) is 31.2. The lowest BCUT2D eigenvalue weighted by atomic mass is 13.3. The van der Waals surface area contributed by atoms with Crippen LogP contribution in [-0.4, -0.2) is 5.48 Å². The van der Waals surface area contributed by atoms with Gasteiger partial charge in [0.2, 0.25) is 0 Å². The molecule has 0 heterocycles. The van der Waals surface area contributed by atoms with Crippen LogP contribution in [-0.2, 0) is 4.94 Å². The number of nitrogens with two attached hydrogens (primary N) is 2. The average Bonchev–Trinajstić information content (AvgIpc) is 0.918. The Morgan fingerprint density at radius 3 is 1.25 bits per heavy atom. The van der Waals surface area contributed by atoms with E-state index in [1.54, 1.807) is 0 Å². The van der Waals surface area contributed by atoms with Gasteiger partial charge in [0.15, 0.2) is 0 Å². The van der Waals surface area contributed by atoms with E-state index in [9.17, 15) is 0 Å². The first-order valence-corrected chi connectivity index (χ1v) is 0.471. The minimum absolute atomic E-state index is 0. The molecular formula is H6N2O2. The molecule has 0 saturated heterocycles. The molecule has 0 rings (SSSR count). The number of hydrogen-bond donors (Lipinski definition) is 2. The molecule has 28 valence electrons. The number of rotatable bonds is 0. The fourth-order valence-corrected chi connectivity index (χ4v) is 0. The van der Waals surface area contributed by atoms with Gasteiger partial charge < -0.3 is 5.48 Å². The smallest absolute Gasteiger partial charge is 0.196 e.